The number of halogens is 1. The normalized spacial score (nSPS) is 10.5. The van der Waals surface area contributed by atoms with Gasteiger partial charge in [0.1, 0.15) is 5.82 Å². The summed E-state index contributed by atoms with van der Waals surface area (Å²) in [5.41, 5.74) is 0.623. The molecule has 0 fully saturated rings. The van der Waals surface area contributed by atoms with Crippen LogP contribution in [0.5, 0.6) is 0 Å². The molecule has 0 unspecified atom stereocenters. The van der Waals surface area contributed by atoms with Gasteiger partial charge in [0.25, 0.3) is 0 Å². The summed E-state index contributed by atoms with van der Waals surface area (Å²) in [5, 5.41) is 0. The molecule has 0 heterocycles. The van der Waals surface area contributed by atoms with E-state index in [2.05, 4.69) is 6.07 Å². The van der Waals surface area contributed by atoms with Crippen molar-refractivity contribution in [1.29, 1.82) is 0 Å². The van der Waals surface area contributed by atoms with E-state index in [0.29, 0.717) is 12.1 Å². The Bertz CT molecular complexity index is 233. The third kappa shape index (κ3) is 2.31. The van der Waals surface area contributed by atoms with Gasteiger partial charge in [-0.1, -0.05) is 12.1 Å². The lowest BCUT2D eigenvalue weighted by atomic mass is 10.2. The third-order valence-corrected chi connectivity index (χ3v) is 1.36. The molecule has 1 rings (SSSR count). The summed E-state index contributed by atoms with van der Waals surface area (Å²) in [6, 6.07) is 7.68. The monoisotopic (exact) mass is 152 g/mol. The zero-order chi connectivity index (χ0) is 8.27. The van der Waals surface area contributed by atoms with Gasteiger partial charge in [-0.25, -0.2) is 4.39 Å². The van der Waals surface area contributed by atoms with E-state index in [9.17, 15) is 4.39 Å². The zero-order valence-corrected chi connectivity index (χ0v) is 6.76. The first-order valence-electron chi connectivity index (χ1n) is 3.50. The number of nitrogens with zero attached hydrogens (tertiary/aromatic N) is 1. The van der Waals surface area contributed by atoms with Crippen LogP contribution in [0.3, 0.4) is 0 Å². The standard InChI is InChI=1S/C9H11FN/c1-11(2)7-8-5-3-4-6-9(8)10/h3-4,6H,7H2,1-2H3. The largest absolute Gasteiger partial charge is 0.305 e. The van der Waals surface area contributed by atoms with Crippen LogP contribution < -0.4 is 0 Å². The maximum absolute atomic E-state index is 12.9. The van der Waals surface area contributed by atoms with Crippen LogP contribution in [0.2, 0.25) is 0 Å². The van der Waals surface area contributed by atoms with E-state index in [0.717, 1.165) is 0 Å². The highest BCUT2D eigenvalue weighted by atomic mass is 19.1. The van der Waals surface area contributed by atoms with E-state index in [1.54, 1.807) is 12.1 Å². The minimum Gasteiger partial charge on any atom is -0.305 e. The van der Waals surface area contributed by atoms with Crippen molar-refractivity contribution < 1.29 is 4.39 Å². The van der Waals surface area contributed by atoms with Crippen molar-refractivity contribution in [2.45, 2.75) is 6.54 Å². The Balaban J connectivity index is 2.78. The van der Waals surface area contributed by atoms with E-state index in [1.807, 2.05) is 19.0 Å². The fourth-order valence-electron chi connectivity index (χ4n) is 0.888. The molecule has 0 saturated heterocycles. The van der Waals surface area contributed by atoms with E-state index in [1.165, 1.54) is 6.07 Å². The maximum Gasteiger partial charge on any atom is 0.128 e. The lowest BCUT2D eigenvalue weighted by molar-refractivity contribution is 0.392. The van der Waals surface area contributed by atoms with Gasteiger partial charge < -0.3 is 4.90 Å². The number of hydrogen-bond acceptors (Lipinski definition) is 1. The van der Waals surface area contributed by atoms with Crippen molar-refractivity contribution in [3.63, 3.8) is 0 Å². The first-order chi connectivity index (χ1) is 5.20. The molecule has 0 N–H and O–H groups in total. The summed E-state index contributed by atoms with van der Waals surface area (Å²) >= 11 is 0. The van der Waals surface area contributed by atoms with Gasteiger partial charge in [0.2, 0.25) is 0 Å². The Kier molecular flexibility index (Phi) is 2.60. The molecule has 0 aromatic heterocycles. The van der Waals surface area contributed by atoms with E-state index in [-0.39, 0.29) is 5.82 Å². The number of benzene rings is 1. The van der Waals surface area contributed by atoms with Crippen molar-refractivity contribution in [3.8, 4) is 0 Å². The second-order valence-electron chi connectivity index (χ2n) is 2.73. The van der Waals surface area contributed by atoms with E-state index in [4.69, 9.17) is 0 Å². The number of rotatable bonds is 2. The highest BCUT2D eigenvalue weighted by molar-refractivity contribution is 5.15. The average molecular weight is 152 g/mol. The Labute approximate surface area is 66.5 Å². The predicted octanol–water partition coefficient (Wildman–Crippen LogP) is 1.69. The summed E-state index contributed by atoms with van der Waals surface area (Å²) in [6.07, 6.45) is 0. The van der Waals surface area contributed by atoms with Crippen LogP contribution in [0.4, 0.5) is 4.39 Å². The predicted molar refractivity (Wildman–Crippen MR) is 42.6 cm³/mol. The molecule has 1 aromatic rings. The Morgan fingerprint density at radius 1 is 1.55 bits per heavy atom. The molecule has 1 aromatic carbocycles. The third-order valence-electron chi connectivity index (χ3n) is 1.36. The minimum absolute atomic E-state index is 0.179. The van der Waals surface area contributed by atoms with Gasteiger partial charge in [-0.3, -0.25) is 0 Å². The van der Waals surface area contributed by atoms with Gasteiger partial charge in [-0.15, -0.1) is 0 Å². The summed E-state index contributed by atoms with van der Waals surface area (Å²) in [4.78, 5) is 1.91. The van der Waals surface area contributed by atoms with Crippen molar-refractivity contribution in [2.75, 3.05) is 14.1 Å². The molecule has 0 saturated carbocycles. The highest BCUT2D eigenvalue weighted by Gasteiger charge is 2.00. The topological polar surface area (TPSA) is 3.24 Å². The smallest absolute Gasteiger partial charge is 0.128 e. The second kappa shape index (κ2) is 3.49. The maximum atomic E-state index is 12.9. The molecule has 11 heavy (non-hydrogen) atoms. The van der Waals surface area contributed by atoms with Crippen molar-refractivity contribution in [3.05, 3.63) is 35.6 Å². The van der Waals surface area contributed by atoms with Crippen LogP contribution in [0.1, 0.15) is 5.56 Å². The molecular weight excluding hydrogens is 141 g/mol. The molecule has 0 aliphatic heterocycles. The Hall–Kier alpha value is -0.890. The van der Waals surface area contributed by atoms with Crippen LogP contribution in [-0.2, 0) is 6.54 Å². The number of hydrogen-bond donors (Lipinski definition) is 0. The Morgan fingerprint density at radius 3 is 2.82 bits per heavy atom. The fraction of sp³-hybridized carbons (Fsp3) is 0.333. The van der Waals surface area contributed by atoms with Crippen LogP contribution in [0, 0.1) is 11.9 Å². The van der Waals surface area contributed by atoms with Gasteiger partial charge >= 0.3 is 0 Å². The minimum atomic E-state index is -0.179. The van der Waals surface area contributed by atoms with Crippen LogP contribution >= 0.6 is 0 Å². The Morgan fingerprint density at radius 2 is 2.27 bits per heavy atom. The molecule has 0 amide bonds. The first kappa shape index (κ1) is 8.21. The molecule has 1 nitrogen and oxygen atoms in total. The van der Waals surface area contributed by atoms with E-state index < -0.39 is 0 Å². The summed E-state index contributed by atoms with van der Waals surface area (Å²) in [5.74, 6) is -0.179. The van der Waals surface area contributed by atoms with Crippen molar-refractivity contribution in [1.82, 2.24) is 4.90 Å². The molecule has 1 radical (unpaired) electrons. The van der Waals surface area contributed by atoms with Crippen molar-refractivity contribution >= 4 is 0 Å². The zero-order valence-electron chi connectivity index (χ0n) is 6.76. The summed E-state index contributed by atoms with van der Waals surface area (Å²) < 4.78 is 12.9. The van der Waals surface area contributed by atoms with Gasteiger partial charge in [0.15, 0.2) is 0 Å². The van der Waals surface area contributed by atoms with Gasteiger partial charge in [-0.05, 0) is 26.2 Å². The lowest BCUT2D eigenvalue weighted by Crippen LogP contribution is -2.11. The molecule has 59 valence electrons. The molecule has 0 aliphatic carbocycles. The summed E-state index contributed by atoms with van der Waals surface area (Å²) in [7, 11) is 3.81. The molecule has 2 heteroatoms. The molecule has 0 spiro atoms. The van der Waals surface area contributed by atoms with Crippen LogP contribution in [0.25, 0.3) is 0 Å². The quantitative estimate of drug-likeness (QED) is 0.623. The van der Waals surface area contributed by atoms with E-state index >= 15 is 0 Å². The van der Waals surface area contributed by atoms with Crippen molar-refractivity contribution in [2.24, 2.45) is 0 Å². The fourth-order valence-corrected chi connectivity index (χ4v) is 0.888. The van der Waals surface area contributed by atoms with Gasteiger partial charge in [0, 0.05) is 12.1 Å². The highest BCUT2D eigenvalue weighted by Crippen LogP contribution is 2.06. The van der Waals surface area contributed by atoms with Crippen LogP contribution in [0.15, 0.2) is 18.2 Å². The summed E-state index contributed by atoms with van der Waals surface area (Å²) in [6.45, 7) is 0.604. The average Bonchev–Trinajstić information content (AvgIpc) is 1.93. The molecular formula is C9H11FN. The molecule has 0 aliphatic rings. The molecule has 0 bridgehead atoms. The molecule has 0 atom stereocenters. The van der Waals surface area contributed by atoms with Gasteiger partial charge in [-0.2, -0.15) is 0 Å². The lowest BCUT2D eigenvalue weighted by Gasteiger charge is -2.09. The van der Waals surface area contributed by atoms with Crippen LogP contribution in [-0.4, -0.2) is 19.0 Å². The first-order valence-corrected chi connectivity index (χ1v) is 3.50. The second-order valence-corrected chi connectivity index (χ2v) is 2.73. The van der Waals surface area contributed by atoms with Gasteiger partial charge in [0.05, 0.1) is 0 Å². The SMILES string of the molecule is CN(C)Cc1[c]cccc1F.